The van der Waals surface area contributed by atoms with Crippen LogP contribution in [0.15, 0.2) is 41.4 Å². The molecule has 0 aromatic heterocycles. The van der Waals surface area contributed by atoms with Gasteiger partial charge in [0.2, 0.25) is 0 Å². The molecule has 0 bridgehead atoms. The number of hydrogen-bond donors (Lipinski definition) is 2. The van der Waals surface area contributed by atoms with Crippen LogP contribution in [0.4, 0.5) is 4.39 Å². The zero-order valence-electron chi connectivity index (χ0n) is 15.5. The van der Waals surface area contributed by atoms with Gasteiger partial charge >= 0.3 is 0 Å². The number of methoxy groups -OCH3 is 2. The Kier molecular flexibility index (Phi) is 10.2. The highest BCUT2D eigenvalue weighted by Gasteiger charge is 2.06. The van der Waals surface area contributed by atoms with E-state index in [9.17, 15) is 4.39 Å². The molecule has 0 aliphatic carbocycles. The summed E-state index contributed by atoms with van der Waals surface area (Å²) in [4.78, 5) is 4.19. The standard InChI is InChI=1S/C19H23ClFN3O2.HI/c1-22-19(23-9-8-14-5-6-15(21)11-16(14)20)24-12-13-4-7-17(25-2)18(10-13)26-3;/h4-7,10-11H,8-9,12H2,1-3H3,(H2,22,23,24);1H. The highest BCUT2D eigenvalue weighted by atomic mass is 127. The number of hydrogen-bond acceptors (Lipinski definition) is 3. The van der Waals surface area contributed by atoms with Gasteiger partial charge in [-0.15, -0.1) is 24.0 Å². The van der Waals surface area contributed by atoms with E-state index in [-0.39, 0.29) is 29.8 Å². The van der Waals surface area contributed by atoms with Gasteiger partial charge in [-0.2, -0.15) is 0 Å². The predicted octanol–water partition coefficient (Wildman–Crippen LogP) is 4.02. The molecule has 0 radical (unpaired) electrons. The van der Waals surface area contributed by atoms with Crippen molar-refractivity contribution in [1.82, 2.24) is 10.6 Å². The summed E-state index contributed by atoms with van der Waals surface area (Å²) in [6, 6.07) is 10.2. The number of aliphatic imine (C=N–C) groups is 1. The number of halogens is 3. The number of rotatable bonds is 7. The van der Waals surface area contributed by atoms with Crippen LogP contribution < -0.4 is 20.1 Å². The van der Waals surface area contributed by atoms with Crippen molar-refractivity contribution in [2.75, 3.05) is 27.8 Å². The second kappa shape index (κ2) is 11.9. The lowest BCUT2D eigenvalue weighted by Crippen LogP contribution is -2.37. The minimum absolute atomic E-state index is 0. The topological polar surface area (TPSA) is 54.9 Å². The molecule has 2 aromatic rings. The number of nitrogens with zero attached hydrogens (tertiary/aromatic N) is 1. The molecule has 0 fully saturated rings. The Bertz CT molecular complexity index is 775. The fraction of sp³-hybridized carbons (Fsp3) is 0.316. The van der Waals surface area contributed by atoms with Gasteiger partial charge in [-0.25, -0.2) is 4.39 Å². The minimum Gasteiger partial charge on any atom is -0.493 e. The lowest BCUT2D eigenvalue weighted by molar-refractivity contribution is 0.354. The molecule has 2 aromatic carbocycles. The van der Waals surface area contributed by atoms with Crippen molar-refractivity contribution in [2.45, 2.75) is 13.0 Å². The van der Waals surface area contributed by atoms with Gasteiger partial charge < -0.3 is 20.1 Å². The van der Waals surface area contributed by atoms with E-state index in [1.165, 1.54) is 12.1 Å². The van der Waals surface area contributed by atoms with E-state index in [4.69, 9.17) is 21.1 Å². The van der Waals surface area contributed by atoms with Crippen LogP contribution >= 0.6 is 35.6 Å². The van der Waals surface area contributed by atoms with E-state index in [0.717, 1.165) is 11.1 Å². The van der Waals surface area contributed by atoms with Gasteiger partial charge in [0.25, 0.3) is 0 Å². The molecule has 8 heteroatoms. The quantitative estimate of drug-likeness (QED) is 0.338. The molecule has 0 saturated heterocycles. The highest BCUT2D eigenvalue weighted by Crippen LogP contribution is 2.27. The molecule has 0 atom stereocenters. The lowest BCUT2D eigenvalue weighted by atomic mass is 10.1. The first-order valence-electron chi connectivity index (χ1n) is 8.16. The monoisotopic (exact) mass is 507 g/mol. The van der Waals surface area contributed by atoms with Gasteiger partial charge in [-0.05, 0) is 41.8 Å². The molecular formula is C19H24ClFIN3O2. The Labute approximate surface area is 181 Å². The van der Waals surface area contributed by atoms with Gasteiger partial charge in [0.15, 0.2) is 17.5 Å². The number of nitrogens with one attached hydrogen (secondary N) is 2. The van der Waals surface area contributed by atoms with Crippen molar-refractivity contribution in [3.63, 3.8) is 0 Å². The summed E-state index contributed by atoms with van der Waals surface area (Å²) >= 11 is 6.04. The van der Waals surface area contributed by atoms with Gasteiger partial charge in [-0.1, -0.05) is 23.7 Å². The van der Waals surface area contributed by atoms with Crippen molar-refractivity contribution >= 4 is 41.5 Å². The second-order valence-corrected chi connectivity index (χ2v) is 5.93. The molecule has 0 unspecified atom stereocenters. The fourth-order valence-electron chi connectivity index (χ4n) is 2.44. The van der Waals surface area contributed by atoms with Crippen molar-refractivity contribution in [3.05, 3.63) is 58.4 Å². The predicted molar refractivity (Wildman–Crippen MR) is 118 cm³/mol. The summed E-state index contributed by atoms with van der Waals surface area (Å²) in [5.74, 6) is 1.70. The van der Waals surface area contributed by atoms with Gasteiger partial charge in [0.1, 0.15) is 5.82 Å². The van der Waals surface area contributed by atoms with Crippen molar-refractivity contribution in [1.29, 1.82) is 0 Å². The van der Waals surface area contributed by atoms with Crippen LogP contribution in [0, 0.1) is 5.82 Å². The van der Waals surface area contributed by atoms with Crippen molar-refractivity contribution in [3.8, 4) is 11.5 Å². The molecule has 2 rings (SSSR count). The van der Waals surface area contributed by atoms with E-state index >= 15 is 0 Å². The molecule has 2 N–H and O–H groups in total. The first kappa shape index (κ1) is 23.3. The van der Waals surface area contributed by atoms with Crippen LogP contribution in [0.3, 0.4) is 0 Å². The molecule has 0 aliphatic heterocycles. The number of guanidine groups is 1. The summed E-state index contributed by atoms with van der Waals surface area (Å²) in [6.45, 7) is 1.20. The highest BCUT2D eigenvalue weighted by molar-refractivity contribution is 14.0. The largest absolute Gasteiger partial charge is 0.493 e. The van der Waals surface area contributed by atoms with E-state index in [2.05, 4.69) is 15.6 Å². The third-order valence-corrected chi connectivity index (χ3v) is 4.19. The first-order chi connectivity index (χ1) is 12.6. The van der Waals surface area contributed by atoms with Crippen LogP contribution in [-0.2, 0) is 13.0 Å². The minimum atomic E-state index is -0.334. The Balaban J connectivity index is 0.00000364. The van der Waals surface area contributed by atoms with Crippen LogP contribution in [0.2, 0.25) is 5.02 Å². The van der Waals surface area contributed by atoms with Gasteiger partial charge in [0.05, 0.1) is 14.2 Å². The Morgan fingerprint density at radius 1 is 1.07 bits per heavy atom. The van der Waals surface area contributed by atoms with Crippen LogP contribution in [0.25, 0.3) is 0 Å². The molecule has 0 heterocycles. The van der Waals surface area contributed by atoms with E-state index < -0.39 is 0 Å². The molecule has 148 valence electrons. The third-order valence-electron chi connectivity index (χ3n) is 3.83. The smallest absolute Gasteiger partial charge is 0.191 e. The Morgan fingerprint density at radius 2 is 1.81 bits per heavy atom. The molecule has 5 nitrogen and oxygen atoms in total. The zero-order chi connectivity index (χ0) is 18.9. The van der Waals surface area contributed by atoms with E-state index in [1.54, 1.807) is 27.3 Å². The van der Waals surface area contributed by atoms with Crippen molar-refractivity contribution in [2.24, 2.45) is 4.99 Å². The molecule has 27 heavy (non-hydrogen) atoms. The summed E-state index contributed by atoms with van der Waals surface area (Å²) in [5.41, 5.74) is 1.92. The average molecular weight is 508 g/mol. The molecule has 0 spiro atoms. The molecule has 0 amide bonds. The van der Waals surface area contributed by atoms with Gasteiger partial charge in [-0.3, -0.25) is 4.99 Å². The van der Waals surface area contributed by atoms with Crippen LogP contribution in [-0.4, -0.2) is 33.8 Å². The summed E-state index contributed by atoms with van der Waals surface area (Å²) in [7, 11) is 4.92. The SMILES string of the molecule is CN=C(NCCc1ccc(F)cc1Cl)NCc1ccc(OC)c(OC)c1.I. The van der Waals surface area contributed by atoms with E-state index in [0.29, 0.717) is 42.0 Å². The van der Waals surface area contributed by atoms with Gasteiger partial charge in [0, 0.05) is 25.2 Å². The summed E-state index contributed by atoms with van der Waals surface area (Å²) in [5, 5.41) is 6.88. The Morgan fingerprint density at radius 3 is 2.44 bits per heavy atom. The Hall–Kier alpha value is -1.74. The molecule has 0 aliphatic rings. The summed E-state index contributed by atoms with van der Waals surface area (Å²) in [6.07, 6.45) is 0.663. The maximum Gasteiger partial charge on any atom is 0.191 e. The fourth-order valence-corrected chi connectivity index (χ4v) is 2.70. The first-order valence-corrected chi connectivity index (χ1v) is 8.54. The normalized spacial score (nSPS) is 10.8. The maximum atomic E-state index is 13.1. The third kappa shape index (κ3) is 7.06. The summed E-state index contributed by atoms with van der Waals surface area (Å²) < 4.78 is 23.6. The van der Waals surface area contributed by atoms with Crippen molar-refractivity contribution < 1.29 is 13.9 Å². The number of benzene rings is 2. The number of ether oxygens (including phenoxy) is 2. The lowest BCUT2D eigenvalue weighted by Gasteiger charge is -2.14. The van der Waals surface area contributed by atoms with Crippen LogP contribution in [0.1, 0.15) is 11.1 Å². The zero-order valence-corrected chi connectivity index (χ0v) is 18.6. The molecule has 0 saturated carbocycles. The van der Waals surface area contributed by atoms with E-state index in [1.807, 2.05) is 18.2 Å². The average Bonchev–Trinajstić information content (AvgIpc) is 2.65. The van der Waals surface area contributed by atoms with Crippen LogP contribution in [0.5, 0.6) is 11.5 Å². The molecular weight excluding hydrogens is 484 g/mol. The maximum absolute atomic E-state index is 13.1. The second-order valence-electron chi connectivity index (χ2n) is 5.53.